The van der Waals surface area contributed by atoms with E-state index in [1.165, 1.54) is 24.0 Å². The summed E-state index contributed by atoms with van der Waals surface area (Å²) in [4.78, 5) is 0. The summed E-state index contributed by atoms with van der Waals surface area (Å²) in [5.74, 6) is 6.97. The fourth-order valence-corrected chi connectivity index (χ4v) is 2.59. The zero-order chi connectivity index (χ0) is 12.8. The highest BCUT2D eigenvalue weighted by Crippen LogP contribution is 2.35. The molecule has 1 aromatic rings. The van der Waals surface area contributed by atoms with Gasteiger partial charge in [0.1, 0.15) is 5.75 Å². The van der Waals surface area contributed by atoms with Crippen LogP contribution in [0.5, 0.6) is 5.75 Å². The molecule has 1 N–H and O–H groups in total. The van der Waals surface area contributed by atoms with Gasteiger partial charge in [-0.25, -0.2) is 0 Å². The van der Waals surface area contributed by atoms with Gasteiger partial charge in [-0.2, -0.15) is 0 Å². The molecule has 0 radical (unpaired) electrons. The SMILES string of the molecule is CC#CCCOc1cccc2c1CCCC2NC. The molecule has 0 saturated heterocycles. The van der Waals surface area contributed by atoms with E-state index in [1.54, 1.807) is 0 Å². The van der Waals surface area contributed by atoms with Crippen LogP contribution in [0.4, 0.5) is 0 Å². The summed E-state index contributed by atoms with van der Waals surface area (Å²) in [5.41, 5.74) is 2.79. The second-order valence-corrected chi connectivity index (χ2v) is 4.58. The summed E-state index contributed by atoms with van der Waals surface area (Å²) < 4.78 is 5.87. The van der Waals surface area contributed by atoms with Gasteiger partial charge >= 0.3 is 0 Å². The maximum Gasteiger partial charge on any atom is 0.122 e. The number of ether oxygens (including phenoxy) is 1. The molecule has 0 heterocycles. The Morgan fingerprint density at radius 1 is 1.44 bits per heavy atom. The summed E-state index contributed by atoms with van der Waals surface area (Å²) >= 11 is 0. The van der Waals surface area contributed by atoms with Crippen LogP contribution < -0.4 is 10.1 Å². The van der Waals surface area contributed by atoms with E-state index in [0.717, 1.165) is 18.6 Å². The van der Waals surface area contributed by atoms with Crippen LogP contribution in [0.1, 0.15) is 43.4 Å². The Kier molecular flexibility index (Phi) is 4.66. The lowest BCUT2D eigenvalue weighted by Gasteiger charge is -2.26. The lowest BCUT2D eigenvalue weighted by molar-refractivity contribution is 0.320. The molecule has 1 aromatic carbocycles. The Morgan fingerprint density at radius 3 is 3.11 bits per heavy atom. The standard InChI is InChI=1S/C16H21NO/c1-3-4-5-12-18-16-11-7-8-13-14(16)9-6-10-15(13)17-2/h7-8,11,15,17H,5-6,9-10,12H2,1-2H3. The second kappa shape index (κ2) is 6.47. The second-order valence-electron chi connectivity index (χ2n) is 4.58. The van der Waals surface area contributed by atoms with Crippen LogP contribution in [0.25, 0.3) is 0 Å². The van der Waals surface area contributed by atoms with Gasteiger partial charge in [-0.1, -0.05) is 12.1 Å². The van der Waals surface area contributed by atoms with Gasteiger partial charge in [0.2, 0.25) is 0 Å². The molecule has 0 bridgehead atoms. The first-order valence-electron chi connectivity index (χ1n) is 6.68. The molecule has 2 rings (SSSR count). The number of rotatable bonds is 4. The molecular weight excluding hydrogens is 222 g/mol. The highest BCUT2D eigenvalue weighted by molar-refractivity contribution is 5.43. The fourth-order valence-electron chi connectivity index (χ4n) is 2.59. The van der Waals surface area contributed by atoms with Gasteiger partial charge in [0.15, 0.2) is 0 Å². The molecule has 0 aliphatic heterocycles. The number of benzene rings is 1. The maximum atomic E-state index is 5.87. The molecule has 0 amide bonds. The molecule has 2 heteroatoms. The van der Waals surface area contributed by atoms with Gasteiger partial charge in [-0.15, -0.1) is 11.8 Å². The highest BCUT2D eigenvalue weighted by Gasteiger charge is 2.21. The molecule has 0 spiro atoms. The largest absolute Gasteiger partial charge is 0.492 e. The van der Waals surface area contributed by atoms with E-state index >= 15 is 0 Å². The molecule has 1 aliphatic rings. The van der Waals surface area contributed by atoms with Gasteiger partial charge in [0, 0.05) is 12.5 Å². The minimum absolute atomic E-state index is 0.479. The van der Waals surface area contributed by atoms with Crippen molar-refractivity contribution >= 4 is 0 Å². The zero-order valence-corrected chi connectivity index (χ0v) is 11.3. The van der Waals surface area contributed by atoms with Crippen LogP contribution in [0.3, 0.4) is 0 Å². The maximum absolute atomic E-state index is 5.87. The van der Waals surface area contributed by atoms with Crippen molar-refractivity contribution < 1.29 is 4.74 Å². The molecule has 0 saturated carbocycles. The number of nitrogens with one attached hydrogen (secondary N) is 1. The molecule has 96 valence electrons. The van der Waals surface area contributed by atoms with Crippen molar-refractivity contribution in [3.05, 3.63) is 29.3 Å². The van der Waals surface area contributed by atoms with Gasteiger partial charge in [-0.3, -0.25) is 0 Å². The Morgan fingerprint density at radius 2 is 2.33 bits per heavy atom. The minimum atomic E-state index is 0.479. The Hall–Kier alpha value is -1.46. The first kappa shape index (κ1) is 13.0. The monoisotopic (exact) mass is 243 g/mol. The molecule has 1 atom stereocenters. The van der Waals surface area contributed by atoms with Crippen LogP contribution in [-0.2, 0) is 6.42 Å². The van der Waals surface area contributed by atoms with Gasteiger partial charge < -0.3 is 10.1 Å². The topological polar surface area (TPSA) is 21.3 Å². The van der Waals surface area contributed by atoms with Crippen molar-refractivity contribution in [2.75, 3.05) is 13.7 Å². The van der Waals surface area contributed by atoms with Crippen molar-refractivity contribution in [1.82, 2.24) is 5.32 Å². The van der Waals surface area contributed by atoms with E-state index in [-0.39, 0.29) is 0 Å². The van der Waals surface area contributed by atoms with Gasteiger partial charge in [0.25, 0.3) is 0 Å². The van der Waals surface area contributed by atoms with E-state index in [2.05, 4.69) is 35.4 Å². The van der Waals surface area contributed by atoms with Crippen molar-refractivity contribution in [3.63, 3.8) is 0 Å². The Balaban J connectivity index is 2.13. The highest BCUT2D eigenvalue weighted by atomic mass is 16.5. The average molecular weight is 243 g/mol. The summed E-state index contributed by atoms with van der Waals surface area (Å²) in [7, 11) is 2.03. The van der Waals surface area contributed by atoms with E-state index in [1.807, 2.05) is 14.0 Å². The number of hydrogen-bond acceptors (Lipinski definition) is 2. The summed E-state index contributed by atoms with van der Waals surface area (Å²) in [6, 6.07) is 6.87. The number of fused-ring (bicyclic) bond motifs is 1. The van der Waals surface area contributed by atoms with Gasteiger partial charge in [-0.05, 0) is 50.4 Å². The lowest BCUT2D eigenvalue weighted by atomic mass is 9.87. The molecular formula is C16H21NO. The van der Waals surface area contributed by atoms with Crippen LogP contribution >= 0.6 is 0 Å². The third kappa shape index (κ3) is 2.86. The van der Waals surface area contributed by atoms with Crippen molar-refractivity contribution in [2.24, 2.45) is 0 Å². The van der Waals surface area contributed by atoms with E-state index < -0.39 is 0 Å². The summed E-state index contributed by atoms with van der Waals surface area (Å²) in [6.07, 6.45) is 4.38. The van der Waals surface area contributed by atoms with E-state index in [0.29, 0.717) is 12.6 Å². The quantitative estimate of drug-likeness (QED) is 0.648. The number of hydrogen-bond donors (Lipinski definition) is 1. The smallest absolute Gasteiger partial charge is 0.122 e. The predicted octanol–water partition coefficient (Wildman–Crippen LogP) is 3.08. The third-order valence-electron chi connectivity index (χ3n) is 3.47. The van der Waals surface area contributed by atoms with Crippen LogP contribution in [-0.4, -0.2) is 13.7 Å². The van der Waals surface area contributed by atoms with Crippen molar-refractivity contribution in [2.45, 2.75) is 38.6 Å². The molecule has 1 unspecified atom stereocenters. The van der Waals surface area contributed by atoms with Crippen LogP contribution in [0, 0.1) is 11.8 Å². The molecule has 1 aliphatic carbocycles. The molecule has 18 heavy (non-hydrogen) atoms. The van der Waals surface area contributed by atoms with Crippen molar-refractivity contribution in [1.29, 1.82) is 0 Å². The van der Waals surface area contributed by atoms with Crippen molar-refractivity contribution in [3.8, 4) is 17.6 Å². The van der Waals surface area contributed by atoms with Crippen LogP contribution in [0.2, 0.25) is 0 Å². The van der Waals surface area contributed by atoms with Crippen LogP contribution in [0.15, 0.2) is 18.2 Å². The minimum Gasteiger partial charge on any atom is -0.492 e. The first-order chi connectivity index (χ1) is 8.86. The van der Waals surface area contributed by atoms with Gasteiger partial charge in [0.05, 0.1) is 6.61 Å². The Bertz CT molecular complexity index is 456. The predicted molar refractivity (Wildman–Crippen MR) is 74.7 cm³/mol. The third-order valence-corrected chi connectivity index (χ3v) is 3.47. The van der Waals surface area contributed by atoms with E-state index in [4.69, 9.17) is 4.74 Å². The zero-order valence-electron chi connectivity index (χ0n) is 11.3. The fraction of sp³-hybridized carbons (Fsp3) is 0.500. The van der Waals surface area contributed by atoms with E-state index in [9.17, 15) is 0 Å². The molecule has 2 nitrogen and oxygen atoms in total. The molecule has 0 fully saturated rings. The summed E-state index contributed by atoms with van der Waals surface area (Å²) in [5, 5.41) is 3.39. The first-order valence-corrected chi connectivity index (χ1v) is 6.68. The summed E-state index contributed by atoms with van der Waals surface area (Å²) in [6.45, 7) is 2.55. The normalized spacial score (nSPS) is 17.6. The molecule has 0 aromatic heterocycles. The lowest BCUT2D eigenvalue weighted by Crippen LogP contribution is -2.22. The Labute approximate surface area is 110 Å². The average Bonchev–Trinajstić information content (AvgIpc) is 2.43.